The topological polar surface area (TPSA) is 94.0 Å². The van der Waals surface area contributed by atoms with Gasteiger partial charge in [0.25, 0.3) is 0 Å². The maximum Gasteiger partial charge on any atom is 0.0785 e. The summed E-state index contributed by atoms with van der Waals surface area (Å²) in [5.41, 5.74) is 0. The lowest BCUT2D eigenvalue weighted by Gasteiger charge is -2.13. The Hall–Kier alpha value is -0.240. The van der Waals surface area contributed by atoms with Crippen molar-refractivity contribution in [3.05, 3.63) is 0 Å². The minimum absolute atomic E-state index is 0.113. The quantitative estimate of drug-likeness (QED) is 0.466. The van der Waals surface area contributed by atoms with Gasteiger partial charge >= 0.3 is 0 Å². The SMILES string of the molecule is CC.COCC(O)CC1CCNC1.OC[C@@H](O)CC1CCCN1. The summed E-state index contributed by atoms with van der Waals surface area (Å²) in [6.07, 6.45) is 4.29. The zero-order valence-electron chi connectivity index (χ0n) is 15.1. The zero-order chi connectivity index (χ0) is 17.5. The second-order valence-corrected chi connectivity index (χ2v) is 6.07. The van der Waals surface area contributed by atoms with Crippen molar-refractivity contribution >= 4 is 0 Å². The highest BCUT2D eigenvalue weighted by molar-refractivity contribution is 4.76. The van der Waals surface area contributed by atoms with Crippen LogP contribution in [-0.2, 0) is 4.74 Å². The normalized spacial score (nSPS) is 25.8. The van der Waals surface area contributed by atoms with E-state index in [1.165, 1.54) is 12.8 Å². The van der Waals surface area contributed by atoms with Gasteiger partial charge in [-0.3, -0.25) is 0 Å². The predicted molar refractivity (Wildman–Crippen MR) is 93.6 cm³/mol. The van der Waals surface area contributed by atoms with Crippen LogP contribution in [0.25, 0.3) is 0 Å². The first kappa shape index (κ1) is 22.8. The largest absolute Gasteiger partial charge is 0.394 e. The fourth-order valence-corrected chi connectivity index (χ4v) is 2.92. The van der Waals surface area contributed by atoms with Crippen molar-refractivity contribution in [3.63, 3.8) is 0 Å². The average molecular weight is 335 g/mol. The minimum Gasteiger partial charge on any atom is -0.394 e. The van der Waals surface area contributed by atoms with Crippen molar-refractivity contribution in [1.82, 2.24) is 10.6 Å². The van der Waals surface area contributed by atoms with Gasteiger partial charge in [-0.15, -0.1) is 0 Å². The molecule has 140 valence electrons. The van der Waals surface area contributed by atoms with E-state index in [9.17, 15) is 5.11 Å². The molecule has 2 saturated heterocycles. The van der Waals surface area contributed by atoms with Crippen LogP contribution in [0.4, 0.5) is 0 Å². The van der Waals surface area contributed by atoms with Crippen molar-refractivity contribution in [2.75, 3.05) is 40.0 Å². The second-order valence-electron chi connectivity index (χ2n) is 6.07. The molecule has 0 saturated carbocycles. The molecule has 5 N–H and O–H groups in total. The number of aliphatic hydroxyl groups excluding tert-OH is 3. The van der Waals surface area contributed by atoms with Crippen LogP contribution in [0.2, 0.25) is 0 Å². The Morgan fingerprint density at radius 3 is 2.30 bits per heavy atom. The Labute approximate surface area is 141 Å². The van der Waals surface area contributed by atoms with Crippen LogP contribution in [0.15, 0.2) is 0 Å². The Balaban J connectivity index is 0.000000381. The maximum atomic E-state index is 9.36. The highest BCUT2D eigenvalue weighted by Crippen LogP contribution is 2.14. The summed E-state index contributed by atoms with van der Waals surface area (Å²) in [4.78, 5) is 0. The lowest BCUT2D eigenvalue weighted by Crippen LogP contribution is -2.28. The van der Waals surface area contributed by atoms with E-state index >= 15 is 0 Å². The fraction of sp³-hybridized carbons (Fsp3) is 1.00. The lowest BCUT2D eigenvalue weighted by atomic mass is 10.0. The van der Waals surface area contributed by atoms with E-state index in [0.717, 1.165) is 32.5 Å². The van der Waals surface area contributed by atoms with Crippen LogP contribution in [0.3, 0.4) is 0 Å². The molecule has 2 fully saturated rings. The lowest BCUT2D eigenvalue weighted by molar-refractivity contribution is 0.0500. The third-order valence-corrected chi connectivity index (χ3v) is 4.06. The molecule has 6 heteroatoms. The number of hydrogen-bond donors (Lipinski definition) is 5. The van der Waals surface area contributed by atoms with Gasteiger partial charge in [0.1, 0.15) is 0 Å². The first-order valence-electron chi connectivity index (χ1n) is 9.05. The van der Waals surface area contributed by atoms with E-state index in [0.29, 0.717) is 25.0 Å². The van der Waals surface area contributed by atoms with Crippen molar-refractivity contribution < 1.29 is 20.1 Å². The molecule has 0 aromatic rings. The summed E-state index contributed by atoms with van der Waals surface area (Å²) in [5, 5.41) is 33.4. The Kier molecular flexibility index (Phi) is 15.1. The van der Waals surface area contributed by atoms with Crippen LogP contribution in [0.1, 0.15) is 46.0 Å². The molecule has 4 atom stereocenters. The van der Waals surface area contributed by atoms with Gasteiger partial charge < -0.3 is 30.7 Å². The molecule has 0 radical (unpaired) electrons. The molecule has 23 heavy (non-hydrogen) atoms. The number of aliphatic hydroxyl groups is 3. The number of ether oxygens (including phenoxy) is 1. The van der Waals surface area contributed by atoms with E-state index in [2.05, 4.69) is 10.6 Å². The minimum atomic E-state index is -0.532. The van der Waals surface area contributed by atoms with E-state index in [4.69, 9.17) is 14.9 Å². The molecule has 0 spiro atoms. The Bertz CT molecular complexity index is 245. The van der Waals surface area contributed by atoms with Crippen molar-refractivity contribution in [2.45, 2.75) is 64.2 Å². The molecule has 0 aromatic carbocycles. The molecular weight excluding hydrogens is 296 g/mol. The molecule has 2 heterocycles. The average Bonchev–Trinajstić information content (AvgIpc) is 3.24. The summed E-state index contributed by atoms with van der Waals surface area (Å²) >= 11 is 0. The van der Waals surface area contributed by atoms with E-state index in [1.54, 1.807) is 7.11 Å². The van der Waals surface area contributed by atoms with E-state index in [1.807, 2.05) is 13.8 Å². The summed E-state index contributed by atoms with van der Waals surface area (Å²) < 4.78 is 4.84. The molecule has 2 aliphatic rings. The van der Waals surface area contributed by atoms with E-state index < -0.39 is 6.10 Å². The first-order chi connectivity index (χ1) is 11.2. The van der Waals surface area contributed by atoms with Crippen molar-refractivity contribution in [1.29, 1.82) is 0 Å². The standard InChI is InChI=1S/C8H17NO2.C7H15NO2.C2H6/c1-11-6-8(10)4-7-2-3-9-5-7;9-5-7(10)4-6-2-1-3-8-6;1-2/h7-10H,2-6H2,1H3;6-10H,1-5H2;1-2H3/t;6?,7-;/m.0./s1. The van der Waals surface area contributed by atoms with Crippen LogP contribution in [-0.4, -0.2) is 73.5 Å². The summed E-state index contributed by atoms with van der Waals surface area (Å²) in [6.45, 7) is 7.57. The smallest absolute Gasteiger partial charge is 0.0785 e. The van der Waals surface area contributed by atoms with Gasteiger partial charge in [-0.2, -0.15) is 0 Å². The number of nitrogens with one attached hydrogen (secondary N) is 2. The molecule has 2 aliphatic heterocycles. The van der Waals surface area contributed by atoms with Crippen LogP contribution >= 0.6 is 0 Å². The molecule has 0 aliphatic carbocycles. The van der Waals surface area contributed by atoms with Gasteiger partial charge in [0.2, 0.25) is 0 Å². The third kappa shape index (κ3) is 11.9. The van der Waals surface area contributed by atoms with Gasteiger partial charge in [0.15, 0.2) is 0 Å². The molecule has 6 nitrogen and oxygen atoms in total. The Morgan fingerprint density at radius 2 is 1.83 bits per heavy atom. The fourth-order valence-electron chi connectivity index (χ4n) is 2.92. The molecule has 0 bridgehead atoms. The monoisotopic (exact) mass is 334 g/mol. The first-order valence-corrected chi connectivity index (χ1v) is 9.05. The van der Waals surface area contributed by atoms with Crippen molar-refractivity contribution in [3.8, 4) is 0 Å². The second kappa shape index (κ2) is 15.3. The third-order valence-electron chi connectivity index (χ3n) is 4.06. The van der Waals surface area contributed by atoms with Crippen LogP contribution < -0.4 is 10.6 Å². The molecule has 2 rings (SSSR count). The highest BCUT2D eigenvalue weighted by atomic mass is 16.5. The number of rotatable bonds is 7. The molecule has 3 unspecified atom stereocenters. The predicted octanol–water partition coefficient (Wildman–Crippen LogP) is 0.501. The van der Waals surface area contributed by atoms with E-state index in [-0.39, 0.29) is 12.7 Å². The van der Waals surface area contributed by atoms with Gasteiger partial charge in [0.05, 0.1) is 25.4 Å². The molecule has 0 amide bonds. The van der Waals surface area contributed by atoms with Crippen LogP contribution in [0, 0.1) is 5.92 Å². The van der Waals surface area contributed by atoms with Gasteiger partial charge in [0, 0.05) is 13.2 Å². The van der Waals surface area contributed by atoms with Crippen LogP contribution in [0.5, 0.6) is 0 Å². The summed E-state index contributed by atoms with van der Waals surface area (Å²) in [6, 6.07) is 0.433. The maximum absolute atomic E-state index is 9.36. The molecule has 0 aromatic heterocycles. The Morgan fingerprint density at radius 1 is 1.09 bits per heavy atom. The summed E-state index contributed by atoms with van der Waals surface area (Å²) in [5.74, 6) is 0.653. The van der Waals surface area contributed by atoms with Gasteiger partial charge in [-0.05, 0) is 57.7 Å². The number of hydrogen-bond acceptors (Lipinski definition) is 6. The molecular formula is C17H38N2O4. The van der Waals surface area contributed by atoms with Gasteiger partial charge in [-0.25, -0.2) is 0 Å². The summed E-state index contributed by atoms with van der Waals surface area (Å²) in [7, 11) is 1.62. The van der Waals surface area contributed by atoms with Gasteiger partial charge in [-0.1, -0.05) is 13.8 Å². The number of methoxy groups -OCH3 is 1. The van der Waals surface area contributed by atoms with Crippen molar-refractivity contribution in [2.24, 2.45) is 5.92 Å². The zero-order valence-corrected chi connectivity index (χ0v) is 15.1. The highest BCUT2D eigenvalue weighted by Gasteiger charge is 2.18.